The molecule has 0 unspecified atom stereocenters. The van der Waals surface area contributed by atoms with Crippen LogP contribution in [0.4, 0.5) is 27.5 Å². The normalized spacial score (nSPS) is 15.6. The van der Waals surface area contributed by atoms with Crippen molar-refractivity contribution in [2.75, 3.05) is 21.5 Å². The Labute approximate surface area is 335 Å². The van der Waals surface area contributed by atoms with Gasteiger partial charge in [-0.05, 0) is 113 Å². The van der Waals surface area contributed by atoms with E-state index in [2.05, 4.69) is 31.7 Å². The summed E-state index contributed by atoms with van der Waals surface area (Å²) in [7, 11) is -14.4. The van der Waals surface area contributed by atoms with Crippen molar-refractivity contribution in [3.8, 4) is 0 Å². The fourth-order valence-electron chi connectivity index (χ4n) is 6.12. The molecule has 0 saturated carbocycles. The van der Waals surface area contributed by atoms with Gasteiger partial charge in [0.25, 0.3) is 30.4 Å². The van der Waals surface area contributed by atoms with Crippen molar-refractivity contribution in [3.05, 3.63) is 135 Å². The van der Waals surface area contributed by atoms with Gasteiger partial charge in [-0.15, -0.1) is 0 Å². The van der Waals surface area contributed by atoms with Crippen LogP contribution in [0.5, 0.6) is 0 Å². The largest absolute Gasteiger partial charge is 0.323 e. The molecule has 2 aliphatic carbocycles. The van der Waals surface area contributed by atoms with E-state index < -0.39 is 69.2 Å². The number of carbonyl (C=O) groups excluding carboxylic acids is 3. The number of fused-ring (bicyclic) bond motifs is 3. The summed E-state index contributed by atoms with van der Waals surface area (Å²) in [6.45, 7) is 1.77. The second-order valence-electron chi connectivity index (χ2n) is 13.0. The van der Waals surface area contributed by atoms with Crippen molar-refractivity contribution < 1.29 is 53.3 Å². The Morgan fingerprint density at radius 1 is 0.559 bits per heavy atom. The lowest BCUT2D eigenvalue weighted by atomic mass is 9.94. The third kappa shape index (κ3) is 8.55. The van der Waals surface area contributed by atoms with Crippen molar-refractivity contribution in [1.82, 2.24) is 0 Å². The molecule has 0 atom stereocenters. The van der Waals surface area contributed by atoms with Gasteiger partial charge in [0.05, 0.1) is 16.3 Å². The number of aryl methyl sites for hydroxylation is 1. The zero-order valence-corrected chi connectivity index (χ0v) is 32.5. The highest BCUT2D eigenvalue weighted by atomic mass is 32.2. The number of ketones is 2. The molecule has 2 aliphatic rings. The smallest absolute Gasteiger partial charge is 0.308 e. The standard InChI is InChI=1S/C38H28N6O12S3/c1-20-4-2-3-5-31(20)42-44-35-33(59(54,55)56)19-24-16-26(10-13-30(24)37(35)46)40-38(47)39-25-9-12-29-23(15-25)18-32(58(51,52)53)34(36(29)45)43-41-27-8-6-22-17-28(57(48,49)50)11-7-21(22)14-27/h2-19,41-42H,1H3,(H2,39,40,47)(H,48,49,50)(H,51,52,53)(H,54,55,56)/b43-34+,44-35+. The Hall–Kier alpha value is -6.88. The zero-order valence-electron chi connectivity index (χ0n) is 30.0. The molecule has 59 heavy (non-hydrogen) atoms. The van der Waals surface area contributed by atoms with Crippen LogP contribution in [0.15, 0.2) is 122 Å². The molecule has 0 spiro atoms. The number of hydrazone groups is 2. The number of hydrogen-bond donors (Lipinski definition) is 7. The Kier molecular flexibility index (Phi) is 10.3. The zero-order chi connectivity index (χ0) is 42.4. The van der Waals surface area contributed by atoms with Crippen LogP contribution < -0.4 is 21.5 Å². The molecule has 7 N–H and O–H groups in total. The number of allylic oxidation sites excluding steroid dienone is 2. The molecule has 0 heterocycles. The number of nitrogens with one attached hydrogen (secondary N) is 4. The van der Waals surface area contributed by atoms with Gasteiger partial charge in [0.15, 0.2) is 11.4 Å². The summed E-state index contributed by atoms with van der Waals surface area (Å²) < 4.78 is 102. The van der Waals surface area contributed by atoms with Crippen LogP contribution in [0.3, 0.4) is 0 Å². The average Bonchev–Trinajstić information content (AvgIpc) is 3.16. The third-order valence-corrected chi connectivity index (χ3v) is 11.6. The van der Waals surface area contributed by atoms with Crippen LogP contribution in [-0.4, -0.2) is 67.9 Å². The molecule has 18 nitrogen and oxygen atoms in total. The lowest BCUT2D eigenvalue weighted by molar-refractivity contribution is 0.105. The highest BCUT2D eigenvalue weighted by molar-refractivity contribution is 7.91. The van der Waals surface area contributed by atoms with Crippen molar-refractivity contribution in [3.63, 3.8) is 0 Å². The number of anilines is 4. The monoisotopic (exact) mass is 856 g/mol. The summed E-state index contributed by atoms with van der Waals surface area (Å²) in [6.07, 6.45) is 2.02. The fraction of sp³-hybridized carbons (Fsp3) is 0.0263. The molecule has 2 amide bonds. The third-order valence-electron chi connectivity index (χ3n) is 8.97. The molecular weight excluding hydrogens is 829 g/mol. The van der Waals surface area contributed by atoms with Crippen LogP contribution in [0.2, 0.25) is 0 Å². The molecule has 0 aromatic heterocycles. The van der Waals surface area contributed by atoms with E-state index in [0.29, 0.717) is 16.5 Å². The lowest BCUT2D eigenvalue weighted by Gasteiger charge is -2.18. The number of urea groups is 1. The number of benzene rings is 5. The Balaban J connectivity index is 1.09. The van der Waals surface area contributed by atoms with Crippen LogP contribution in [0, 0.1) is 6.92 Å². The number of hydrogen-bond acceptors (Lipinski definition) is 13. The second kappa shape index (κ2) is 15.1. The molecule has 0 bridgehead atoms. The predicted octanol–water partition coefficient (Wildman–Crippen LogP) is 5.83. The fourth-order valence-corrected chi connectivity index (χ4v) is 7.95. The predicted molar refractivity (Wildman–Crippen MR) is 220 cm³/mol. The summed E-state index contributed by atoms with van der Waals surface area (Å²) in [5.41, 5.74) is 5.75. The minimum atomic E-state index is -5.03. The van der Waals surface area contributed by atoms with Gasteiger partial charge in [-0.25, -0.2) is 4.79 Å². The van der Waals surface area contributed by atoms with Gasteiger partial charge >= 0.3 is 6.03 Å². The van der Waals surface area contributed by atoms with Crippen LogP contribution in [0.1, 0.15) is 37.4 Å². The summed E-state index contributed by atoms with van der Waals surface area (Å²) in [6, 6.07) is 22.3. The molecule has 7 rings (SSSR count). The van der Waals surface area contributed by atoms with Gasteiger partial charge in [0, 0.05) is 22.5 Å². The van der Waals surface area contributed by atoms with E-state index in [-0.39, 0.29) is 44.2 Å². The van der Waals surface area contributed by atoms with Gasteiger partial charge < -0.3 is 10.6 Å². The highest BCUT2D eigenvalue weighted by Crippen LogP contribution is 2.31. The van der Waals surface area contributed by atoms with Gasteiger partial charge in [0.1, 0.15) is 9.81 Å². The number of carbonyl (C=O) groups is 3. The molecule has 5 aromatic carbocycles. The van der Waals surface area contributed by atoms with Crippen molar-refractivity contribution in [1.29, 1.82) is 0 Å². The maximum atomic E-state index is 13.5. The first-order valence-corrected chi connectivity index (χ1v) is 21.2. The van der Waals surface area contributed by atoms with Gasteiger partial charge in [-0.2, -0.15) is 35.5 Å². The average molecular weight is 857 g/mol. The quantitative estimate of drug-likeness (QED) is 0.0679. The molecule has 21 heteroatoms. The second-order valence-corrected chi connectivity index (χ2v) is 17.2. The van der Waals surface area contributed by atoms with Gasteiger partial charge in [-0.3, -0.25) is 34.1 Å². The summed E-state index contributed by atoms with van der Waals surface area (Å²) in [4.78, 5) is 38.0. The van der Waals surface area contributed by atoms with Gasteiger partial charge in [-0.1, -0.05) is 30.3 Å². The summed E-state index contributed by atoms with van der Waals surface area (Å²) >= 11 is 0. The number of Topliss-reactive ketones (excluding diaryl/α,β-unsaturated/α-hetero) is 2. The maximum Gasteiger partial charge on any atom is 0.323 e. The molecule has 300 valence electrons. The lowest BCUT2D eigenvalue weighted by Crippen LogP contribution is -2.27. The van der Waals surface area contributed by atoms with Crippen molar-refractivity contribution in [2.45, 2.75) is 11.8 Å². The minimum Gasteiger partial charge on any atom is -0.308 e. The summed E-state index contributed by atoms with van der Waals surface area (Å²) in [5.74, 6) is -1.71. The highest BCUT2D eigenvalue weighted by Gasteiger charge is 2.34. The number of para-hydroxylation sites is 1. The van der Waals surface area contributed by atoms with Crippen LogP contribution in [0.25, 0.3) is 22.9 Å². The molecular formula is C38H28N6O12S3. The first-order valence-electron chi connectivity index (χ1n) is 16.9. The van der Waals surface area contributed by atoms with E-state index in [9.17, 15) is 53.3 Å². The van der Waals surface area contributed by atoms with E-state index in [4.69, 9.17) is 0 Å². The SMILES string of the molecule is Cc1ccccc1N/N=C1/C(=O)c2ccc(NC(=O)Nc3ccc4c(c3)C=C(S(=O)(=O)O)/C(=N\Nc3ccc5cc(S(=O)(=O)O)ccc5c3)C4=O)cc2C=C1S(=O)(=O)O. The first kappa shape index (κ1) is 40.3. The topological polar surface area (TPSA) is 287 Å². The van der Waals surface area contributed by atoms with Gasteiger partial charge in [0.2, 0.25) is 11.6 Å². The number of nitrogens with zero attached hydrogens (tertiary/aromatic N) is 2. The maximum absolute atomic E-state index is 13.5. The van der Waals surface area contributed by atoms with E-state index in [1.165, 1.54) is 72.8 Å². The Morgan fingerprint density at radius 2 is 1.05 bits per heavy atom. The first-order chi connectivity index (χ1) is 27.8. The molecule has 5 aromatic rings. The Morgan fingerprint density at radius 3 is 1.58 bits per heavy atom. The Bertz CT molecular complexity index is 3160. The van der Waals surface area contributed by atoms with Crippen LogP contribution in [-0.2, 0) is 30.4 Å². The molecule has 0 radical (unpaired) electrons. The number of rotatable bonds is 9. The van der Waals surface area contributed by atoms with E-state index >= 15 is 0 Å². The summed E-state index contributed by atoms with van der Waals surface area (Å²) in [5, 5.41) is 13.9. The molecule has 0 saturated heterocycles. The molecule has 0 aliphatic heterocycles. The van der Waals surface area contributed by atoms with Crippen LogP contribution >= 0.6 is 0 Å². The number of amides is 2. The van der Waals surface area contributed by atoms with E-state index in [1.807, 2.05) is 0 Å². The molecule has 0 fully saturated rings. The minimum absolute atomic E-state index is 0.00396. The van der Waals surface area contributed by atoms with Crippen molar-refractivity contribution in [2.24, 2.45) is 10.2 Å². The van der Waals surface area contributed by atoms with E-state index in [0.717, 1.165) is 17.7 Å². The van der Waals surface area contributed by atoms with Crippen molar-refractivity contribution >= 4 is 105 Å². The van der Waals surface area contributed by atoms with E-state index in [1.54, 1.807) is 31.2 Å².